The summed E-state index contributed by atoms with van der Waals surface area (Å²) in [7, 11) is 0. The highest BCUT2D eigenvalue weighted by atomic mass is 16.6. The third-order valence-electron chi connectivity index (χ3n) is 2.89. The van der Waals surface area contributed by atoms with Crippen molar-refractivity contribution in [3.63, 3.8) is 0 Å². The van der Waals surface area contributed by atoms with Gasteiger partial charge in [-0.25, -0.2) is 0 Å². The third kappa shape index (κ3) is 3.24. The lowest BCUT2D eigenvalue weighted by molar-refractivity contribution is -0.384. The van der Waals surface area contributed by atoms with Gasteiger partial charge in [-0.3, -0.25) is 10.1 Å². The first-order valence-electron chi connectivity index (χ1n) is 6.02. The molecule has 0 aliphatic rings. The number of benzene rings is 2. The van der Waals surface area contributed by atoms with Gasteiger partial charge in [0.05, 0.1) is 4.92 Å². The maximum atomic E-state index is 10.5. The van der Waals surface area contributed by atoms with Crippen molar-refractivity contribution in [3.8, 4) is 11.5 Å². The lowest BCUT2D eigenvalue weighted by atomic mass is 10.1. The molecule has 0 aliphatic heterocycles. The molecule has 6 heteroatoms. The van der Waals surface area contributed by atoms with Crippen molar-refractivity contribution in [2.24, 2.45) is 0 Å². The summed E-state index contributed by atoms with van der Waals surface area (Å²) in [6.07, 6.45) is 0. The molecule has 0 spiro atoms. The molecule has 2 rings (SSSR count). The largest absolute Gasteiger partial charge is 0.504 e. The summed E-state index contributed by atoms with van der Waals surface area (Å²) in [6.45, 7) is 0.893. The molecule has 0 saturated carbocycles. The number of nitro groups is 1. The van der Waals surface area contributed by atoms with Crippen LogP contribution in [0.15, 0.2) is 42.5 Å². The zero-order valence-electron chi connectivity index (χ0n) is 10.6. The van der Waals surface area contributed by atoms with Gasteiger partial charge in [0.1, 0.15) is 0 Å². The zero-order chi connectivity index (χ0) is 14.5. The average molecular weight is 274 g/mol. The highest BCUT2D eigenvalue weighted by Gasteiger charge is 2.06. The van der Waals surface area contributed by atoms with Gasteiger partial charge in [-0.2, -0.15) is 0 Å². The molecule has 0 fully saturated rings. The zero-order valence-corrected chi connectivity index (χ0v) is 10.6. The minimum atomic E-state index is -0.442. The molecule has 104 valence electrons. The van der Waals surface area contributed by atoms with Crippen molar-refractivity contribution >= 4 is 5.69 Å². The molecule has 20 heavy (non-hydrogen) atoms. The number of nitrogens with zero attached hydrogens (tertiary/aromatic N) is 1. The Labute approximate surface area is 115 Å². The Balaban J connectivity index is 1.92. The van der Waals surface area contributed by atoms with Crippen molar-refractivity contribution in [2.45, 2.75) is 13.1 Å². The Kier molecular flexibility index (Phi) is 4.17. The molecule has 0 radical (unpaired) electrons. The van der Waals surface area contributed by atoms with Crippen LogP contribution in [0.1, 0.15) is 11.1 Å². The number of aromatic hydroxyl groups is 2. The second kappa shape index (κ2) is 6.03. The highest BCUT2D eigenvalue weighted by molar-refractivity contribution is 5.44. The number of hydrogen-bond acceptors (Lipinski definition) is 5. The molecule has 2 aromatic carbocycles. The summed E-state index contributed by atoms with van der Waals surface area (Å²) in [5.41, 5.74) is 1.54. The molecule has 0 aliphatic carbocycles. The molecule has 2 aromatic rings. The number of para-hydroxylation sites is 1. The Bertz CT molecular complexity index is 611. The molecule has 0 unspecified atom stereocenters. The Morgan fingerprint density at radius 1 is 1.05 bits per heavy atom. The van der Waals surface area contributed by atoms with Gasteiger partial charge in [0.25, 0.3) is 5.69 Å². The molecule has 0 amide bonds. The van der Waals surface area contributed by atoms with Gasteiger partial charge in [0.2, 0.25) is 0 Å². The van der Waals surface area contributed by atoms with E-state index in [-0.39, 0.29) is 17.2 Å². The fraction of sp³-hybridized carbons (Fsp3) is 0.143. The molecular formula is C14H14N2O4. The third-order valence-corrected chi connectivity index (χ3v) is 2.89. The number of phenolic OH excluding ortho intramolecular Hbond substituents is 2. The van der Waals surface area contributed by atoms with E-state index in [1.807, 2.05) is 0 Å². The molecule has 3 N–H and O–H groups in total. The number of phenols is 2. The fourth-order valence-electron chi connectivity index (χ4n) is 1.80. The Hall–Kier alpha value is -2.60. The van der Waals surface area contributed by atoms with E-state index < -0.39 is 4.92 Å². The van der Waals surface area contributed by atoms with Crippen LogP contribution in [0.2, 0.25) is 0 Å². The van der Waals surface area contributed by atoms with Crippen LogP contribution >= 0.6 is 0 Å². The molecule has 0 bridgehead atoms. The van der Waals surface area contributed by atoms with E-state index in [0.29, 0.717) is 18.7 Å². The van der Waals surface area contributed by atoms with E-state index in [1.54, 1.807) is 24.3 Å². The van der Waals surface area contributed by atoms with Gasteiger partial charge in [-0.1, -0.05) is 24.3 Å². The number of non-ortho nitro benzene ring substituents is 1. The van der Waals surface area contributed by atoms with E-state index in [9.17, 15) is 20.3 Å². The lowest BCUT2D eigenvalue weighted by Gasteiger charge is -2.08. The molecule has 0 heterocycles. The number of hydrogen-bond donors (Lipinski definition) is 3. The van der Waals surface area contributed by atoms with E-state index in [2.05, 4.69) is 5.32 Å². The topological polar surface area (TPSA) is 95.6 Å². The monoisotopic (exact) mass is 274 g/mol. The summed E-state index contributed by atoms with van der Waals surface area (Å²) in [5, 5.41) is 32.6. The van der Waals surface area contributed by atoms with Crippen LogP contribution in [0.4, 0.5) is 5.69 Å². The minimum absolute atomic E-state index is 0.0550. The highest BCUT2D eigenvalue weighted by Crippen LogP contribution is 2.27. The molecule has 6 nitrogen and oxygen atoms in total. The lowest BCUT2D eigenvalue weighted by Crippen LogP contribution is -2.12. The molecule has 0 saturated heterocycles. The van der Waals surface area contributed by atoms with Crippen LogP contribution in [0, 0.1) is 10.1 Å². The molecule has 0 aromatic heterocycles. The van der Waals surface area contributed by atoms with Crippen LogP contribution in [-0.2, 0) is 13.1 Å². The Morgan fingerprint density at radius 3 is 2.40 bits per heavy atom. The number of nitro benzene ring substituents is 1. The first-order valence-corrected chi connectivity index (χ1v) is 6.02. The average Bonchev–Trinajstić information content (AvgIpc) is 2.44. The second-order valence-electron chi connectivity index (χ2n) is 4.31. The van der Waals surface area contributed by atoms with Gasteiger partial charge in [-0.05, 0) is 11.6 Å². The predicted molar refractivity (Wildman–Crippen MR) is 73.4 cm³/mol. The van der Waals surface area contributed by atoms with E-state index >= 15 is 0 Å². The van der Waals surface area contributed by atoms with Crippen molar-refractivity contribution in [1.82, 2.24) is 5.32 Å². The van der Waals surface area contributed by atoms with Gasteiger partial charge in [-0.15, -0.1) is 0 Å². The maximum absolute atomic E-state index is 10.5. The predicted octanol–water partition coefficient (Wildman–Crippen LogP) is 2.30. The van der Waals surface area contributed by atoms with Crippen LogP contribution in [0.3, 0.4) is 0 Å². The smallest absolute Gasteiger partial charge is 0.269 e. The van der Waals surface area contributed by atoms with Gasteiger partial charge in [0.15, 0.2) is 11.5 Å². The summed E-state index contributed by atoms with van der Waals surface area (Å²) in [6, 6.07) is 11.0. The summed E-state index contributed by atoms with van der Waals surface area (Å²) in [4.78, 5) is 10.1. The number of rotatable bonds is 5. The molecular weight excluding hydrogens is 260 g/mol. The van der Waals surface area contributed by atoms with E-state index in [0.717, 1.165) is 5.56 Å². The van der Waals surface area contributed by atoms with Crippen molar-refractivity contribution in [2.75, 3.05) is 0 Å². The van der Waals surface area contributed by atoms with Crippen molar-refractivity contribution in [3.05, 3.63) is 63.7 Å². The standard InChI is InChI=1S/C14H14N2O4/c17-13-3-1-2-11(14(13)18)9-15-8-10-4-6-12(7-5-10)16(19)20/h1-7,15,17-18H,8-9H2. The summed E-state index contributed by atoms with van der Waals surface area (Å²) >= 11 is 0. The first kappa shape index (κ1) is 13.8. The first-order chi connectivity index (χ1) is 9.58. The normalized spacial score (nSPS) is 10.4. The quantitative estimate of drug-likeness (QED) is 0.441. The second-order valence-corrected chi connectivity index (χ2v) is 4.31. The van der Waals surface area contributed by atoms with Crippen LogP contribution in [-0.4, -0.2) is 15.1 Å². The van der Waals surface area contributed by atoms with Crippen LogP contribution < -0.4 is 5.32 Å². The van der Waals surface area contributed by atoms with Crippen LogP contribution in [0.5, 0.6) is 11.5 Å². The molecule has 0 atom stereocenters. The van der Waals surface area contributed by atoms with Gasteiger partial charge in [0, 0.05) is 30.8 Å². The van der Waals surface area contributed by atoms with Gasteiger partial charge < -0.3 is 15.5 Å². The van der Waals surface area contributed by atoms with Gasteiger partial charge >= 0.3 is 0 Å². The SMILES string of the molecule is O=[N+]([O-])c1ccc(CNCc2cccc(O)c2O)cc1. The number of nitrogens with one attached hydrogen (secondary N) is 1. The van der Waals surface area contributed by atoms with Crippen LogP contribution in [0.25, 0.3) is 0 Å². The maximum Gasteiger partial charge on any atom is 0.269 e. The summed E-state index contributed by atoms with van der Waals surface area (Å²) in [5.74, 6) is -0.289. The summed E-state index contributed by atoms with van der Waals surface area (Å²) < 4.78 is 0. The Morgan fingerprint density at radius 2 is 1.75 bits per heavy atom. The van der Waals surface area contributed by atoms with Crippen molar-refractivity contribution < 1.29 is 15.1 Å². The van der Waals surface area contributed by atoms with Crippen molar-refractivity contribution in [1.29, 1.82) is 0 Å². The minimum Gasteiger partial charge on any atom is -0.504 e. The van der Waals surface area contributed by atoms with E-state index in [4.69, 9.17) is 0 Å². The fourth-order valence-corrected chi connectivity index (χ4v) is 1.80. The van der Waals surface area contributed by atoms with E-state index in [1.165, 1.54) is 18.2 Å².